The zero-order valence-electron chi connectivity index (χ0n) is 7.51. The van der Waals surface area contributed by atoms with Gasteiger partial charge in [-0.2, -0.15) is 0 Å². The topological polar surface area (TPSA) is 15.3 Å². The first kappa shape index (κ1) is 7.56. The third kappa shape index (κ3) is 1.42. The van der Waals surface area contributed by atoms with Crippen molar-refractivity contribution in [2.45, 2.75) is 32.4 Å². The van der Waals surface area contributed by atoms with E-state index >= 15 is 0 Å². The molecule has 2 heteroatoms. The molecule has 2 bridgehead atoms. The monoisotopic (exact) mass is 154 g/mol. The van der Waals surface area contributed by atoms with E-state index in [1.54, 1.807) is 0 Å². The highest BCUT2D eigenvalue weighted by molar-refractivity contribution is 4.97. The molecule has 0 aliphatic carbocycles. The van der Waals surface area contributed by atoms with Crippen molar-refractivity contribution in [3.05, 3.63) is 0 Å². The van der Waals surface area contributed by atoms with Crippen molar-refractivity contribution >= 4 is 0 Å². The number of rotatable bonds is 2. The summed E-state index contributed by atoms with van der Waals surface area (Å²) in [6.07, 6.45) is 1.40. The highest BCUT2D eigenvalue weighted by Crippen LogP contribution is 2.23. The average Bonchev–Trinajstić information content (AvgIpc) is 2.45. The van der Waals surface area contributed by atoms with Gasteiger partial charge in [0.15, 0.2) is 0 Å². The summed E-state index contributed by atoms with van der Waals surface area (Å²) in [5.74, 6) is 0.828. The number of nitrogens with zero attached hydrogens (tertiary/aromatic N) is 1. The lowest BCUT2D eigenvalue weighted by atomic mass is 10.2. The summed E-state index contributed by atoms with van der Waals surface area (Å²) in [5, 5.41) is 3.52. The zero-order valence-corrected chi connectivity index (χ0v) is 7.51. The molecular weight excluding hydrogens is 136 g/mol. The summed E-state index contributed by atoms with van der Waals surface area (Å²) >= 11 is 0. The van der Waals surface area contributed by atoms with Crippen LogP contribution < -0.4 is 5.32 Å². The Morgan fingerprint density at radius 2 is 2.36 bits per heavy atom. The third-order valence-electron chi connectivity index (χ3n) is 2.77. The largest absolute Gasteiger partial charge is 0.311 e. The first-order valence-corrected chi connectivity index (χ1v) is 4.73. The minimum atomic E-state index is 0.818. The summed E-state index contributed by atoms with van der Waals surface area (Å²) in [5.41, 5.74) is 0. The SMILES string of the molecule is CC(C)CN1C[C@H]2C[C@@H]1CN2. The molecule has 11 heavy (non-hydrogen) atoms. The van der Waals surface area contributed by atoms with Crippen molar-refractivity contribution in [2.75, 3.05) is 19.6 Å². The Balaban J connectivity index is 1.87. The summed E-state index contributed by atoms with van der Waals surface area (Å²) in [6, 6.07) is 1.68. The van der Waals surface area contributed by atoms with E-state index in [0.29, 0.717) is 0 Å². The van der Waals surface area contributed by atoms with Crippen LogP contribution in [0.2, 0.25) is 0 Å². The third-order valence-corrected chi connectivity index (χ3v) is 2.77. The molecular formula is C9H18N2. The Morgan fingerprint density at radius 3 is 2.82 bits per heavy atom. The zero-order chi connectivity index (χ0) is 7.84. The van der Waals surface area contributed by atoms with Crippen molar-refractivity contribution < 1.29 is 0 Å². The molecule has 0 aromatic carbocycles. The molecule has 1 N–H and O–H groups in total. The van der Waals surface area contributed by atoms with Gasteiger partial charge in [0.05, 0.1) is 0 Å². The molecule has 0 unspecified atom stereocenters. The van der Waals surface area contributed by atoms with Crippen molar-refractivity contribution in [2.24, 2.45) is 5.92 Å². The second-order valence-electron chi connectivity index (χ2n) is 4.34. The molecule has 2 aliphatic heterocycles. The van der Waals surface area contributed by atoms with Gasteiger partial charge in [0.2, 0.25) is 0 Å². The van der Waals surface area contributed by atoms with E-state index in [2.05, 4.69) is 24.1 Å². The molecule has 2 saturated heterocycles. The molecule has 2 fully saturated rings. The molecule has 0 saturated carbocycles. The quantitative estimate of drug-likeness (QED) is 0.629. The second-order valence-corrected chi connectivity index (χ2v) is 4.34. The van der Waals surface area contributed by atoms with Crippen LogP contribution in [0, 0.1) is 5.92 Å². The standard InChI is InChI=1S/C9H18N2/c1-7(2)5-11-6-8-3-9(11)4-10-8/h7-10H,3-6H2,1-2H3/t8-,9-/m1/s1. The smallest absolute Gasteiger partial charge is 0.0236 e. The van der Waals surface area contributed by atoms with Gasteiger partial charge in [-0.1, -0.05) is 13.8 Å². The summed E-state index contributed by atoms with van der Waals surface area (Å²) in [6.45, 7) is 8.43. The molecule has 0 aromatic rings. The number of hydrogen-bond donors (Lipinski definition) is 1. The van der Waals surface area contributed by atoms with Gasteiger partial charge >= 0.3 is 0 Å². The molecule has 2 atom stereocenters. The number of piperazine rings is 1. The normalized spacial score (nSPS) is 37.4. The fraction of sp³-hybridized carbons (Fsp3) is 1.00. The van der Waals surface area contributed by atoms with Crippen LogP contribution in [0.5, 0.6) is 0 Å². The Labute approximate surface area is 69.0 Å². The van der Waals surface area contributed by atoms with E-state index in [4.69, 9.17) is 0 Å². The van der Waals surface area contributed by atoms with Crippen LogP contribution >= 0.6 is 0 Å². The van der Waals surface area contributed by atoms with Crippen LogP contribution in [-0.2, 0) is 0 Å². The maximum absolute atomic E-state index is 3.52. The molecule has 2 heterocycles. The van der Waals surface area contributed by atoms with Crippen molar-refractivity contribution in [1.29, 1.82) is 0 Å². The summed E-state index contributed by atoms with van der Waals surface area (Å²) < 4.78 is 0. The van der Waals surface area contributed by atoms with E-state index in [-0.39, 0.29) is 0 Å². The number of hydrogen-bond acceptors (Lipinski definition) is 2. The molecule has 0 aromatic heterocycles. The lowest BCUT2D eigenvalue weighted by molar-refractivity contribution is 0.203. The Kier molecular flexibility index (Phi) is 1.90. The molecule has 64 valence electrons. The van der Waals surface area contributed by atoms with E-state index in [0.717, 1.165) is 18.0 Å². The van der Waals surface area contributed by atoms with Crippen molar-refractivity contribution in [3.8, 4) is 0 Å². The average molecular weight is 154 g/mol. The number of fused-ring (bicyclic) bond motifs is 2. The van der Waals surface area contributed by atoms with Gasteiger partial charge in [0.1, 0.15) is 0 Å². The Morgan fingerprint density at radius 1 is 1.55 bits per heavy atom. The Hall–Kier alpha value is -0.0800. The molecule has 2 nitrogen and oxygen atoms in total. The van der Waals surface area contributed by atoms with Crippen molar-refractivity contribution in [1.82, 2.24) is 10.2 Å². The second kappa shape index (κ2) is 2.76. The summed E-state index contributed by atoms with van der Waals surface area (Å²) in [7, 11) is 0. The molecule has 0 amide bonds. The van der Waals surface area contributed by atoms with Gasteiger partial charge in [-0.3, -0.25) is 4.90 Å². The fourth-order valence-corrected chi connectivity index (χ4v) is 2.34. The Bertz CT molecular complexity index is 144. The van der Waals surface area contributed by atoms with Gasteiger partial charge in [-0.25, -0.2) is 0 Å². The van der Waals surface area contributed by atoms with Gasteiger partial charge in [0, 0.05) is 31.7 Å². The van der Waals surface area contributed by atoms with Crippen LogP contribution in [0.25, 0.3) is 0 Å². The lowest BCUT2D eigenvalue weighted by Crippen LogP contribution is -2.44. The van der Waals surface area contributed by atoms with E-state index < -0.39 is 0 Å². The van der Waals surface area contributed by atoms with Crippen LogP contribution in [0.3, 0.4) is 0 Å². The van der Waals surface area contributed by atoms with E-state index in [1.165, 1.54) is 26.1 Å². The van der Waals surface area contributed by atoms with Gasteiger partial charge in [0.25, 0.3) is 0 Å². The number of likely N-dealkylation sites (tertiary alicyclic amines) is 1. The summed E-state index contributed by atoms with van der Waals surface area (Å²) in [4.78, 5) is 2.64. The van der Waals surface area contributed by atoms with Gasteiger partial charge in [-0.05, 0) is 12.3 Å². The van der Waals surface area contributed by atoms with E-state index in [9.17, 15) is 0 Å². The fourth-order valence-electron chi connectivity index (χ4n) is 2.34. The molecule has 0 spiro atoms. The van der Waals surface area contributed by atoms with Gasteiger partial charge < -0.3 is 5.32 Å². The van der Waals surface area contributed by atoms with Crippen LogP contribution in [0.15, 0.2) is 0 Å². The molecule has 0 radical (unpaired) electrons. The minimum Gasteiger partial charge on any atom is -0.311 e. The first-order valence-electron chi connectivity index (χ1n) is 4.73. The van der Waals surface area contributed by atoms with E-state index in [1.807, 2.05) is 0 Å². The highest BCUT2D eigenvalue weighted by Gasteiger charge is 2.37. The minimum absolute atomic E-state index is 0.818. The van der Waals surface area contributed by atoms with Crippen molar-refractivity contribution in [3.63, 3.8) is 0 Å². The van der Waals surface area contributed by atoms with Gasteiger partial charge in [-0.15, -0.1) is 0 Å². The maximum Gasteiger partial charge on any atom is 0.0236 e. The first-order chi connectivity index (χ1) is 5.25. The number of nitrogens with one attached hydrogen (secondary N) is 1. The highest BCUT2D eigenvalue weighted by atomic mass is 15.3. The predicted molar refractivity (Wildman–Crippen MR) is 46.6 cm³/mol. The van der Waals surface area contributed by atoms with Crippen LogP contribution in [0.4, 0.5) is 0 Å². The predicted octanol–water partition coefficient (Wildman–Crippen LogP) is 0.688. The van der Waals surface area contributed by atoms with Crippen LogP contribution in [-0.4, -0.2) is 36.6 Å². The lowest BCUT2D eigenvalue weighted by Gasteiger charge is -2.28. The molecule has 2 rings (SSSR count). The van der Waals surface area contributed by atoms with Crippen LogP contribution in [0.1, 0.15) is 20.3 Å². The maximum atomic E-state index is 3.52. The molecule has 2 aliphatic rings.